The third-order valence-electron chi connectivity index (χ3n) is 6.07. The Morgan fingerprint density at radius 3 is 2.67 bits per heavy atom. The molecule has 1 aromatic rings. The largest absolute Gasteiger partial charge is 0.342 e. The molecule has 0 N–H and O–H groups in total. The van der Waals surface area contributed by atoms with Gasteiger partial charge >= 0.3 is 0 Å². The highest BCUT2D eigenvalue weighted by Crippen LogP contribution is 2.40. The lowest BCUT2D eigenvalue weighted by atomic mass is 9.72. The number of amides is 1. The van der Waals surface area contributed by atoms with E-state index in [1.54, 1.807) is 10.5 Å². The van der Waals surface area contributed by atoms with Crippen LogP contribution in [0.4, 0.5) is 0 Å². The molecule has 1 aromatic heterocycles. The Hall–Kier alpha value is -1.47. The van der Waals surface area contributed by atoms with E-state index >= 15 is 0 Å². The smallest absolute Gasteiger partial charge is 0.222 e. The number of nitrogens with zero attached hydrogens (tertiary/aromatic N) is 3. The summed E-state index contributed by atoms with van der Waals surface area (Å²) < 4.78 is 26.6. The van der Waals surface area contributed by atoms with Crippen molar-refractivity contribution in [3.63, 3.8) is 0 Å². The van der Waals surface area contributed by atoms with Gasteiger partial charge in [0.15, 0.2) is 0 Å². The molecule has 0 radical (unpaired) electrons. The minimum Gasteiger partial charge on any atom is -0.342 e. The van der Waals surface area contributed by atoms with Crippen LogP contribution < -0.4 is 0 Å². The van der Waals surface area contributed by atoms with E-state index in [-0.39, 0.29) is 17.1 Å². The Labute approximate surface area is 163 Å². The summed E-state index contributed by atoms with van der Waals surface area (Å²) in [6, 6.07) is 3.96. The Morgan fingerprint density at radius 2 is 2.00 bits per heavy atom. The van der Waals surface area contributed by atoms with E-state index in [0.717, 1.165) is 50.6 Å². The molecule has 2 aliphatic heterocycles. The highest BCUT2D eigenvalue weighted by atomic mass is 32.2. The van der Waals surface area contributed by atoms with Crippen molar-refractivity contribution >= 4 is 15.9 Å². The van der Waals surface area contributed by atoms with Crippen molar-refractivity contribution < 1.29 is 13.2 Å². The molecule has 0 aromatic carbocycles. The minimum atomic E-state index is -3.13. The van der Waals surface area contributed by atoms with E-state index in [4.69, 9.17) is 0 Å². The molecule has 27 heavy (non-hydrogen) atoms. The number of piperidine rings is 2. The van der Waals surface area contributed by atoms with Crippen LogP contribution in [0.25, 0.3) is 0 Å². The van der Waals surface area contributed by atoms with Crippen molar-refractivity contribution in [1.29, 1.82) is 0 Å². The van der Waals surface area contributed by atoms with Gasteiger partial charge in [0.25, 0.3) is 0 Å². The fraction of sp³-hybridized carbons (Fsp3) is 0.700. The fourth-order valence-electron chi connectivity index (χ4n) is 4.22. The van der Waals surface area contributed by atoms with Gasteiger partial charge in [0, 0.05) is 45.0 Å². The van der Waals surface area contributed by atoms with Crippen LogP contribution in [-0.2, 0) is 21.2 Å². The first-order chi connectivity index (χ1) is 12.9. The Balaban J connectivity index is 1.57. The van der Waals surface area contributed by atoms with E-state index in [0.29, 0.717) is 26.1 Å². The molecule has 150 valence electrons. The summed E-state index contributed by atoms with van der Waals surface area (Å²) in [6.45, 7) is 4.67. The second-order valence-electron chi connectivity index (χ2n) is 8.00. The molecule has 3 heterocycles. The average molecular weight is 394 g/mol. The van der Waals surface area contributed by atoms with E-state index < -0.39 is 10.0 Å². The number of unbranched alkanes of at least 4 members (excludes halogenated alkanes) is 1. The van der Waals surface area contributed by atoms with Gasteiger partial charge in [-0.15, -0.1) is 0 Å². The topological polar surface area (TPSA) is 70.6 Å². The predicted molar refractivity (Wildman–Crippen MR) is 106 cm³/mol. The lowest BCUT2D eigenvalue weighted by Gasteiger charge is -2.47. The Morgan fingerprint density at radius 1 is 1.22 bits per heavy atom. The molecule has 0 bridgehead atoms. The van der Waals surface area contributed by atoms with E-state index in [1.165, 1.54) is 0 Å². The van der Waals surface area contributed by atoms with Crippen LogP contribution in [0.15, 0.2) is 24.5 Å². The number of aromatic nitrogens is 1. The fourth-order valence-corrected chi connectivity index (χ4v) is 5.87. The molecule has 2 fully saturated rings. The zero-order valence-electron chi connectivity index (χ0n) is 16.3. The van der Waals surface area contributed by atoms with Gasteiger partial charge in [-0.1, -0.05) is 19.4 Å². The van der Waals surface area contributed by atoms with Crippen LogP contribution in [-0.4, -0.2) is 60.4 Å². The first-order valence-electron chi connectivity index (χ1n) is 10.1. The first kappa shape index (κ1) is 20.3. The number of carbonyl (C=O) groups is 1. The number of rotatable bonds is 7. The molecule has 6 nitrogen and oxygen atoms in total. The third kappa shape index (κ3) is 5.08. The van der Waals surface area contributed by atoms with Crippen molar-refractivity contribution in [2.75, 3.05) is 31.9 Å². The standard InChI is InChI=1S/C20H31N3O3S/c1-2-3-15-27(25,26)23-13-9-20(10-14-23)8-6-19(24)22(17-20)12-7-18-5-4-11-21-16-18/h4-5,11,16H,2-3,6-10,12-15,17H2,1H3. The highest BCUT2D eigenvalue weighted by Gasteiger charge is 2.42. The SMILES string of the molecule is CCCCS(=O)(=O)N1CCC2(CCC(=O)N(CCc3cccnc3)C2)CC1. The van der Waals surface area contributed by atoms with Crippen LogP contribution in [0.2, 0.25) is 0 Å². The zero-order chi connectivity index (χ0) is 19.3. The van der Waals surface area contributed by atoms with Crippen LogP contribution in [0.1, 0.15) is 51.0 Å². The van der Waals surface area contributed by atoms with Gasteiger partial charge in [0.05, 0.1) is 5.75 Å². The molecule has 0 unspecified atom stereocenters. The van der Waals surface area contributed by atoms with E-state index in [9.17, 15) is 13.2 Å². The molecule has 3 rings (SSSR count). The van der Waals surface area contributed by atoms with Gasteiger partial charge < -0.3 is 4.90 Å². The molecule has 0 aliphatic carbocycles. The van der Waals surface area contributed by atoms with Crippen LogP contribution in [0.5, 0.6) is 0 Å². The quantitative estimate of drug-likeness (QED) is 0.713. The summed E-state index contributed by atoms with van der Waals surface area (Å²) in [4.78, 5) is 18.5. The van der Waals surface area contributed by atoms with E-state index in [2.05, 4.69) is 4.98 Å². The minimum absolute atomic E-state index is 0.0830. The maximum atomic E-state index is 12.4. The third-order valence-corrected chi connectivity index (χ3v) is 8.03. The molecular weight excluding hydrogens is 362 g/mol. The van der Waals surface area contributed by atoms with Gasteiger partial charge in [-0.2, -0.15) is 0 Å². The summed E-state index contributed by atoms with van der Waals surface area (Å²) in [5.74, 6) is 0.481. The second kappa shape index (κ2) is 8.69. The van der Waals surface area contributed by atoms with E-state index in [1.807, 2.05) is 30.2 Å². The van der Waals surface area contributed by atoms with Crippen molar-refractivity contribution in [3.8, 4) is 0 Å². The number of sulfonamides is 1. The van der Waals surface area contributed by atoms with Crippen LogP contribution >= 0.6 is 0 Å². The summed E-state index contributed by atoms with van der Waals surface area (Å²) >= 11 is 0. The first-order valence-corrected chi connectivity index (χ1v) is 11.7. The van der Waals surface area contributed by atoms with Gasteiger partial charge in [-0.25, -0.2) is 12.7 Å². The average Bonchev–Trinajstić information content (AvgIpc) is 2.68. The lowest BCUT2D eigenvalue weighted by molar-refractivity contribution is -0.138. The zero-order valence-corrected chi connectivity index (χ0v) is 17.1. The number of carbonyl (C=O) groups excluding carboxylic acids is 1. The summed E-state index contributed by atoms with van der Waals surface area (Å²) in [5, 5.41) is 0. The summed E-state index contributed by atoms with van der Waals surface area (Å²) in [7, 11) is -3.13. The maximum absolute atomic E-state index is 12.4. The maximum Gasteiger partial charge on any atom is 0.222 e. The van der Waals surface area contributed by atoms with Crippen molar-refractivity contribution in [2.45, 2.75) is 51.9 Å². The number of hydrogen-bond acceptors (Lipinski definition) is 4. The molecule has 0 atom stereocenters. The summed E-state index contributed by atoms with van der Waals surface area (Å²) in [6.07, 6.45) is 9.22. The number of likely N-dealkylation sites (tertiary alicyclic amines) is 1. The molecule has 0 saturated carbocycles. The van der Waals surface area contributed by atoms with Crippen LogP contribution in [0.3, 0.4) is 0 Å². The highest BCUT2D eigenvalue weighted by molar-refractivity contribution is 7.89. The molecule has 2 saturated heterocycles. The normalized spacial score (nSPS) is 20.9. The molecule has 1 spiro atoms. The Bertz CT molecular complexity index is 728. The molecule has 1 amide bonds. The predicted octanol–water partition coefficient (Wildman–Crippen LogP) is 2.46. The van der Waals surface area contributed by atoms with Gasteiger partial charge in [-0.3, -0.25) is 9.78 Å². The summed E-state index contributed by atoms with van der Waals surface area (Å²) in [5.41, 5.74) is 1.22. The second-order valence-corrected chi connectivity index (χ2v) is 10.1. The van der Waals surface area contributed by atoms with Gasteiger partial charge in [-0.05, 0) is 49.1 Å². The Kier molecular flexibility index (Phi) is 6.52. The number of pyridine rings is 1. The van der Waals surface area contributed by atoms with Crippen molar-refractivity contribution in [2.24, 2.45) is 5.41 Å². The van der Waals surface area contributed by atoms with Gasteiger partial charge in [0.1, 0.15) is 0 Å². The number of hydrogen-bond donors (Lipinski definition) is 0. The molecule has 2 aliphatic rings. The molecule has 7 heteroatoms. The molecular formula is C20H31N3O3S. The van der Waals surface area contributed by atoms with Crippen molar-refractivity contribution in [3.05, 3.63) is 30.1 Å². The van der Waals surface area contributed by atoms with Crippen molar-refractivity contribution in [1.82, 2.24) is 14.2 Å². The monoisotopic (exact) mass is 393 g/mol. The van der Waals surface area contributed by atoms with Crippen LogP contribution in [0, 0.1) is 5.41 Å². The lowest BCUT2D eigenvalue weighted by Crippen LogP contribution is -2.52. The van der Waals surface area contributed by atoms with Gasteiger partial charge in [0.2, 0.25) is 15.9 Å².